The largest absolute Gasteiger partial charge is 0.493 e. The number of para-hydroxylation sites is 1. The first-order chi connectivity index (χ1) is 12.6. The second-order valence-corrected chi connectivity index (χ2v) is 8.11. The van der Waals surface area contributed by atoms with E-state index in [-0.39, 0.29) is 24.4 Å². The molecule has 0 saturated heterocycles. The molecule has 134 valence electrons. The van der Waals surface area contributed by atoms with Crippen molar-refractivity contribution in [3.8, 4) is 5.75 Å². The van der Waals surface area contributed by atoms with Gasteiger partial charge in [-0.05, 0) is 30.3 Å². The Morgan fingerprint density at radius 1 is 1.31 bits per heavy atom. The minimum absolute atomic E-state index is 0.0249. The maximum Gasteiger partial charge on any atom is 0.240 e. The quantitative estimate of drug-likeness (QED) is 0.805. The number of benzene rings is 2. The van der Waals surface area contributed by atoms with Gasteiger partial charge in [-0.1, -0.05) is 28.1 Å². The number of rotatable bonds is 3. The van der Waals surface area contributed by atoms with Crippen molar-refractivity contribution in [1.29, 1.82) is 0 Å². The summed E-state index contributed by atoms with van der Waals surface area (Å²) in [4.78, 5) is 27.6. The van der Waals surface area contributed by atoms with E-state index in [9.17, 15) is 9.59 Å². The molecule has 2 heterocycles. The third kappa shape index (κ3) is 3.46. The van der Waals surface area contributed by atoms with E-state index in [0.717, 1.165) is 26.4 Å². The lowest BCUT2D eigenvalue weighted by molar-refractivity contribution is -0.123. The molecule has 0 fully saturated rings. The summed E-state index contributed by atoms with van der Waals surface area (Å²) in [6, 6.07) is 13.4. The van der Waals surface area contributed by atoms with Crippen molar-refractivity contribution in [3.05, 3.63) is 52.5 Å². The number of thioether (sulfide) groups is 1. The van der Waals surface area contributed by atoms with Crippen LogP contribution in [0.15, 0.2) is 51.8 Å². The third-order valence-corrected chi connectivity index (χ3v) is 6.00. The maximum absolute atomic E-state index is 12.7. The third-order valence-electron chi connectivity index (χ3n) is 4.46. The smallest absolute Gasteiger partial charge is 0.240 e. The maximum atomic E-state index is 12.7. The van der Waals surface area contributed by atoms with E-state index in [1.165, 1.54) is 11.8 Å². The second kappa shape index (κ2) is 7.32. The summed E-state index contributed by atoms with van der Waals surface area (Å²) in [6.45, 7) is 0.582. The summed E-state index contributed by atoms with van der Waals surface area (Å²) in [5.74, 6) is 0.939. The Morgan fingerprint density at radius 2 is 2.15 bits per heavy atom. The van der Waals surface area contributed by atoms with Crippen molar-refractivity contribution in [2.45, 2.75) is 17.4 Å². The van der Waals surface area contributed by atoms with Gasteiger partial charge in [0.15, 0.2) is 0 Å². The lowest BCUT2D eigenvalue weighted by Crippen LogP contribution is -2.44. The Kier molecular flexibility index (Phi) is 4.91. The van der Waals surface area contributed by atoms with Crippen molar-refractivity contribution >= 4 is 45.2 Å². The van der Waals surface area contributed by atoms with Crippen molar-refractivity contribution in [2.75, 3.05) is 23.8 Å². The van der Waals surface area contributed by atoms with Gasteiger partial charge in [-0.25, -0.2) is 0 Å². The van der Waals surface area contributed by atoms with Gasteiger partial charge in [0.2, 0.25) is 11.8 Å². The molecule has 26 heavy (non-hydrogen) atoms. The number of nitrogens with zero attached hydrogens (tertiary/aromatic N) is 1. The average Bonchev–Trinajstić information content (AvgIpc) is 2.64. The zero-order valence-electron chi connectivity index (χ0n) is 13.9. The van der Waals surface area contributed by atoms with Crippen molar-refractivity contribution in [2.24, 2.45) is 0 Å². The van der Waals surface area contributed by atoms with Crippen LogP contribution in [0, 0.1) is 0 Å². The molecule has 1 atom stereocenters. The fourth-order valence-corrected chi connectivity index (χ4v) is 4.54. The molecule has 0 spiro atoms. The number of halogens is 1. The molecule has 0 bridgehead atoms. The monoisotopic (exact) mass is 432 g/mol. The molecule has 2 aliphatic heterocycles. The Bertz CT molecular complexity index is 874. The van der Waals surface area contributed by atoms with Gasteiger partial charge in [-0.2, -0.15) is 0 Å². The number of hydrogen-bond acceptors (Lipinski definition) is 4. The van der Waals surface area contributed by atoms with Gasteiger partial charge in [-0.15, -0.1) is 11.8 Å². The first kappa shape index (κ1) is 17.4. The molecule has 0 radical (unpaired) electrons. The summed E-state index contributed by atoms with van der Waals surface area (Å²) in [5, 5.41) is 3.06. The highest BCUT2D eigenvalue weighted by atomic mass is 79.9. The number of nitrogens with one attached hydrogen (secondary N) is 1. The second-order valence-electron chi connectivity index (χ2n) is 6.18. The number of ether oxygens (including phenoxy) is 1. The zero-order chi connectivity index (χ0) is 18.1. The summed E-state index contributed by atoms with van der Waals surface area (Å²) in [7, 11) is 0. The van der Waals surface area contributed by atoms with E-state index in [0.29, 0.717) is 18.8 Å². The number of carbonyl (C=O) groups excluding carboxylic acids is 2. The molecule has 2 aromatic rings. The lowest BCUT2D eigenvalue weighted by Gasteiger charge is -2.30. The molecular weight excluding hydrogens is 416 g/mol. The fourth-order valence-electron chi connectivity index (χ4n) is 3.23. The van der Waals surface area contributed by atoms with Gasteiger partial charge in [0, 0.05) is 21.4 Å². The van der Waals surface area contributed by atoms with E-state index < -0.39 is 0 Å². The van der Waals surface area contributed by atoms with Gasteiger partial charge in [0.25, 0.3) is 0 Å². The molecule has 7 heteroatoms. The van der Waals surface area contributed by atoms with Crippen LogP contribution in [0.5, 0.6) is 5.75 Å². The van der Waals surface area contributed by atoms with Gasteiger partial charge >= 0.3 is 0 Å². The SMILES string of the molecule is O=C(CN1C(=O)CSc2ccccc21)NC1CCOc2ccc(Br)cc21. The van der Waals surface area contributed by atoms with Crippen LogP contribution in [0.2, 0.25) is 0 Å². The summed E-state index contributed by atoms with van der Waals surface area (Å²) >= 11 is 4.98. The van der Waals surface area contributed by atoms with Crippen molar-refractivity contribution < 1.29 is 14.3 Å². The van der Waals surface area contributed by atoms with E-state index in [1.54, 1.807) is 4.90 Å². The molecule has 2 aromatic carbocycles. The van der Waals surface area contributed by atoms with Crippen molar-refractivity contribution in [1.82, 2.24) is 5.32 Å². The Hall–Kier alpha value is -1.99. The summed E-state index contributed by atoms with van der Waals surface area (Å²) in [5.41, 5.74) is 1.76. The van der Waals surface area contributed by atoms with Crippen LogP contribution in [0.25, 0.3) is 0 Å². The number of carbonyl (C=O) groups is 2. The topological polar surface area (TPSA) is 58.6 Å². The van der Waals surface area contributed by atoms with Crippen LogP contribution >= 0.6 is 27.7 Å². The predicted molar refractivity (Wildman–Crippen MR) is 105 cm³/mol. The van der Waals surface area contributed by atoms with Crippen LogP contribution < -0.4 is 15.0 Å². The molecule has 5 nitrogen and oxygen atoms in total. The Balaban J connectivity index is 1.51. The molecule has 0 aromatic heterocycles. The first-order valence-corrected chi connectivity index (χ1v) is 10.1. The number of amides is 2. The number of hydrogen-bond donors (Lipinski definition) is 1. The molecule has 0 saturated carbocycles. The minimum atomic E-state index is -0.169. The predicted octanol–water partition coefficient (Wildman–Crippen LogP) is 3.53. The van der Waals surface area contributed by atoms with Gasteiger partial charge in [0.1, 0.15) is 12.3 Å². The highest BCUT2D eigenvalue weighted by Crippen LogP contribution is 2.36. The van der Waals surface area contributed by atoms with Crippen LogP contribution in [0.3, 0.4) is 0 Å². The lowest BCUT2D eigenvalue weighted by atomic mass is 10.0. The fraction of sp³-hybridized carbons (Fsp3) is 0.263. The highest BCUT2D eigenvalue weighted by molar-refractivity contribution is 9.10. The number of fused-ring (bicyclic) bond motifs is 2. The molecule has 0 aliphatic carbocycles. The molecule has 1 N–H and O–H groups in total. The Morgan fingerprint density at radius 3 is 3.04 bits per heavy atom. The van der Waals surface area contributed by atoms with Gasteiger partial charge < -0.3 is 15.0 Å². The van der Waals surface area contributed by atoms with E-state index in [1.807, 2.05) is 42.5 Å². The highest BCUT2D eigenvalue weighted by Gasteiger charge is 2.28. The van der Waals surface area contributed by atoms with E-state index >= 15 is 0 Å². The molecule has 2 amide bonds. The number of anilines is 1. The van der Waals surface area contributed by atoms with Crippen LogP contribution in [0.4, 0.5) is 5.69 Å². The average molecular weight is 433 g/mol. The van der Waals surface area contributed by atoms with Crippen molar-refractivity contribution in [3.63, 3.8) is 0 Å². The van der Waals surface area contributed by atoms with Gasteiger partial charge in [-0.3, -0.25) is 9.59 Å². The first-order valence-electron chi connectivity index (χ1n) is 8.35. The van der Waals surface area contributed by atoms with Crippen LogP contribution in [-0.2, 0) is 9.59 Å². The molecule has 4 rings (SSSR count). The van der Waals surface area contributed by atoms with E-state index in [2.05, 4.69) is 21.2 Å². The molecule has 1 unspecified atom stereocenters. The van der Waals surface area contributed by atoms with E-state index in [4.69, 9.17) is 4.74 Å². The van der Waals surface area contributed by atoms with Crippen LogP contribution in [0.1, 0.15) is 18.0 Å². The minimum Gasteiger partial charge on any atom is -0.493 e. The standard InChI is InChI=1S/C19H17BrN2O3S/c20-12-5-6-16-13(9-12)14(7-8-25-16)21-18(23)10-22-15-3-1-2-4-17(15)26-11-19(22)24/h1-6,9,14H,7-8,10-11H2,(H,21,23). The van der Waals surface area contributed by atoms with Gasteiger partial charge in [0.05, 0.1) is 24.1 Å². The molecule has 2 aliphatic rings. The van der Waals surface area contributed by atoms with Crippen LogP contribution in [-0.4, -0.2) is 30.7 Å². The summed E-state index contributed by atoms with van der Waals surface area (Å²) in [6.07, 6.45) is 0.704. The normalized spacial score (nSPS) is 18.6. The Labute approximate surface area is 164 Å². The summed E-state index contributed by atoms with van der Waals surface area (Å²) < 4.78 is 6.61. The zero-order valence-corrected chi connectivity index (χ0v) is 16.3. The molecular formula is C19H17BrN2O3S.